The number of hydrogen-bond donors (Lipinski definition) is 1. The van der Waals surface area contributed by atoms with Crippen molar-refractivity contribution in [1.82, 2.24) is 14.9 Å². The molecule has 27 heavy (non-hydrogen) atoms. The molecule has 0 fully saturated rings. The van der Waals surface area contributed by atoms with E-state index in [1.807, 2.05) is 0 Å². The predicted molar refractivity (Wildman–Crippen MR) is 104 cm³/mol. The second kappa shape index (κ2) is 8.54. The van der Waals surface area contributed by atoms with Crippen molar-refractivity contribution >= 4 is 33.4 Å². The van der Waals surface area contributed by atoms with Gasteiger partial charge in [0.15, 0.2) is 6.61 Å². The number of benzene rings is 2. The fraction of sp³-hybridized carbons (Fsp3) is 0.158. The molecule has 0 unspecified atom stereocenters. The number of nitrogens with zero attached hydrogens (tertiary/aromatic N) is 2. The van der Waals surface area contributed by atoms with E-state index in [0.717, 1.165) is 4.47 Å². The molecule has 1 aromatic heterocycles. The molecule has 3 rings (SSSR count). The Hall–Kier alpha value is -2.38. The predicted octanol–water partition coefficient (Wildman–Crippen LogP) is 4.26. The summed E-state index contributed by atoms with van der Waals surface area (Å²) in [6.07, 6.45) is 3.32. The summed E-state index contributed by atoms with van der Waals surface area (Å²) in [5, 5.41) is 3.16. The maximum absolute atomic E-state index is 14.3. The zero-order valence-corrected chi connectivity index (χ0v) is 16.7. The van der Waals surface area contributed by atoms with Gasteiger partial charge in [0.1, 0.15) is 23.4 Å². The summed E-state index contributed by atoms with van der Waals surface area (Å²) in [5.74, 6) is 0.0393. The van der Waals surface area contributed by atoms with Crippen molar-refractivity contribution in [2.24, 2.45) is 7.05 Å². The van der Waals surface area contributed by atoms with Gasteiger partial charge in [-0.3, -0.25) is 4.79 Å². The topological polar surface area (TPSA) is 56.2 Å². The van der Waals surface area contributed by atoms with Crippen molar-refractivity contribution in [3.05, 3.63) is 81.6 Å². The molecule has 0 spiro atoms. The van der Waals surface area contributed by atoms with Crippen LogP contribution < -0.4 is 10.1 Å². The molecule has 0 aliphatic heterocycles. The molecule has 140 valence electrons. The summed E-state index contributed by atoms with van der Waals surface area (Å²) in [6, 6.07) is 10.6. The maximum atomic E-state index is 14.3. The lowest BCUT2D eigenvalue weighted by atomic mass is 10.1. The molecule has 1 heterocycles. The highest BCUT2D eigenvalue weighted by Crippen LogP contribution is 2.28. The molecular formula is C19H16BrClFN3O2. The first kappa shape index (κ1) is 19.4. The van der Waals surface area contributed by atoms with Crippen molar-refractivity contribution in [3.8, 4) is 5.75 Å². The first-order valence-electron chi connectivity index (χ1n) is 8.04. The lowest BCUT2D eigenvalue weighted by molar-refractivity contribution is -0.123. The Bertz CT molecular complexity index is 964. The van der Waals surface area contributed by atoms with Crippen LogP contribution in [-0.4, -0.2) is 22.1 Å². The summed E-state index contributed by atoms with van der Waals surface area (Å²) in [5.41, 5.74) is 0.321. The van der Waals surface area contributed by atoms with E-state index in [1.165, 1.54) is 6.07 Å². The fourth-order valence-corrected chi connectivity index (χ4v) is 3.31. The van der Waals surface area contributed by atoms with Crippen molar-refractivity contribution in [2.45, 2.75) is 6.04 Å². The van der Waals surface area contributed by atoms with Gasteiger partial charge in [0.2, 0.25) is 0 Å². The molecule has 1 atom stereocenters. The Morgan fingerprint density at radius 1 is 1.37 bits per heavy atom. The Morgan fingerprint density at radius 2 is 2.15 bits per heavy atom. The third kappa shape index (κ3) is 4.67. The number of imidazole rings is 1. The van der Waals surface area contributed by atoms with E-state index in [0.29, 0.717) is 22.2 Å². The summed E-state index contributed by atoms with van der Waals surface area (Å²) >= 11 is 9.39. The van der Waals surface area contributed by atoms with E-state index in [9.17, 15) is 9.18 Å². The summed E-state index contributed by atoms with van der Waals surface area (Å²) in [6.45, 7) is -0.267. The minimum atomic E-state index is -0.748. The second-order valence-corrected chi connectivity index (χ2v) is 7.10. The van der Waals surface area contributed by atoms with Gasteiger partial charge in [-0.2, -0.15) is 0 Å². The second-order valence-electron chi connectivity index (χ2n) is 5.78. The summed E-state index contributed by atoms with van der Waals surface area (Å²) in [7, 11) is 1.78. The normalized spacial score (nSPS) is 11.9. The van der Waals surface area contributed by atoms with E-state index in [1.54, 1.807) is 60.4 Å². The van der Waals surface area contributed by atoms with Crippen LogP contribution in [0.1, 0.15) is 17.4 Å². The van der Waals surface area contributed by atoms with Crippen LogP contribution in [0.2, 0.25) is 5.02 Å². The van der Waals surface area contributed by atoms with Crippen LogP contribution in [0.5, 0.6) is 5.75 Å². The highest BCUT2D eigenvalue weighted by molar-refractivity contribution is 9.10. The van der Waals surface area contributed by atoms with E-state index >= 15 is 0 Å². The van der Waals surface area contributed by atoms with Crippen molar-refractivity contribution in [3.63, 3.8) is 0 Å². The van der Waals surface area contributed by atoms with Crippen molar-refractivity contribution < 1.29 is 13.9 Å². The molecule has 0 aliphatic carbocycles. The summed E-state index contributed by atoms with van der Waals surface area (Å²) < 4.78 is 22.3. The zero-order valence-electron chi connectivity index (χ0n) is 14.3. The third-order valence-electron chi connectivity index (χ3n) is 3.89. The van der Waals surface area contributed by atoms with Gasteiger partial charge in [-0.15, -0.1) is 0 Å². The molecule has 0 aliphatic rings. The van der Waals surface area contributed by atoms with E-state index in [-0.39, 0.29) is 6.61 Å². The minimum Gasteiger partial charge on any atom is -0.482 e. The van der Waals surface area contributed by atoms with Gasteiger partial charge in [0, 0.05) is 29.5 Å². The number of carbonyl (C=O) groups excluding carboxylic acids is 1. The molecule has 0 radical (unpaired) electrons. The number of amides is 1. The van der Waals surface area contributed by atoms with Crippen molar-refractivity contribution in [2.75, 3.05) is 6.61 Å². The Kier molecular flexibility index (Phi) is 6.13. The SMILES string of the molecule is Cn1ccnc1[C@H](NC(=O)COc1ccc(Br)cc1Cl)c1ccccc1F. The number of aromatic nitrogens is 2. The van der Waals surface area contributed by atoms with Gasteiger partial charge in [-0.05, 0) is 24.3 Å². The van der Waals surface area contributed by atoms with Crippen LogP contribution in [0.3, 0.4) is 0 Å². The van der Waals surface area contributed by atoms with Crippen LogP contribution in [0.25, 0.3) is 0 Å². The molecule has 5 nitrogen and oxygen atoms in total. The smallest absolute Gasteiger partial charge is 0.258 e. The Balaban J connectivity index is 1.77. The first-order valence-corrected chi connectivity index (χ1v) is 9.21. The maximum Gasteiger partial charge on any atom is 0.258 e. The lowest BCUT2D eigenvalue weighted by Crippen LogP contribution is -2.35. The van der Waals surface area contributed by atoms with Crippen LogP contribution in [0.4, 0.5) is 4.39 Å². The van der Waals surface area contributed by atoms with Crippen LogP contribution in [-0.2, 0) is 11.8 Å². The van der Waals surface area contributed by atoms with E-state index in [2.05, 4.69) is 26.2 Å². The lowest BCUT2D eigenvalue weighted by Gasteiger charge is -2.20. The minimum absolute atomic E-state index is 0.267. The van der Waals surface area contributed by atoms with Gasteiger partial charge in [0.25, 0.3) is 5.91 Å². The quantitative estimate of drug-likeness (QED) is 0.608. The number of halogens is 3. The largest absolute Gasteiger partial charge is 0.482 e. The van der Waals surface area contributed by atoms with Crippen LogP contribution in [0.15, 0.2) is 59.3 Å². The highest BCUT2D eigenvalue weighted by Gasteiger charge is 2.23. The number of hydrogen-bond acceptors (Lipinski definition) is 3. The standard InChI is InChI=1S/C19H16BrClFN3O2/c1-25-9-8-23-19(25)18(13-4-2-3-5-15(13)22)24-17(26)11-27-16-7-6-12(20)10-14(16)21/h2-10,18H,11H2,1H3,(H,24,26)/t18-/m1/s1. The molecule has 3 aromatic rings. The Labute approximate surface area is 169 Å². The van der Waals surface area contributed by atoms with Gasteiger partial charge < -0.3 is 14.6 Å². The van der Waals surface area contributed by atoms with Gasteiger partial charge >= 0.3 is 0 Å². The molecule has 0 saturated heterocycles. The average molecular weight is 453 g/mol. The molecule has 8 heteroatoms. The van der Waals surface area contributed by atoms with Gasteiger partial charge in [-0.25, -0.2) is 9.37 Å². The number of rotatable bonds is 6. The van der Waals surface area contributed by atoms with Gasteiger partial charge in [0.05, 0.1) is 5.02 Å². The number of nitrogens with one attached hydrogen (secondary N) is 1. The Morgan fingerprint density at radius 3 is 2.81 bits per heavy atom. The number of carbonyl (C=O) groups is 1. The van der Waals surface area contributed by atoms with E-state index < -0.39 is 17.8 Å². The molecule has 2 aromatic carbocycles. The van der Waals surface area contributed by atoms with Crippen LogP contribution in [0, 0.1) is 5.82 Å². The first-order chi connectivity index (χ1) is 13.0. The fourth-order valence-electron chi connectivity index (χ4n) is 2.58. The number of aryl methyl sites for hydroxylation is 1. The molecule has 1 N–H and O–H groups in total. The average Bonchev–Trinajstić information content (AvgIpc) is 3.05. The third-order valence-corrected chi connectivity index (χ3v) is 4.68. The highest BCUT2D eigenvalue weighted by atomic mass is 79.9. The molecular weight excluding hydrogens is 437 g/mol. The number of ether oxygens (including phenoxy) is 1. The molecule has 1 amide bonds. The van der Waals surface area contributed by atoms with Gasteiger partial charge in [-0.1, -0.05) is 45.7 Å². The van der Waals surface area contributed by atoms with Crippen LogP contribution >= 0.6 is 27.5 Å². The zero-order chi connectivity index (χ0) is 19.4. The van der Waals surface area contributed by atoms with Crippen molar-refractivity contribution in [1.29, 1.82) is 0 Å². The molecule has 0 bridgehead atoms. The summed E-state index contributed by atoms with van der Waals surface area (Å²) in [4.78, 5) is 16.7. The monoisotopic (exact) mass is 451 g/mol. The molecule has 0 saturated carbocycles. The van der Waals surface area contributed by atoms with E-state index in [4.69, 9.17) is 16.3 Å².